The van der Waals surface area contributed by atoms with Crippen molar-refractivity contribution in [2.24, 2.45) is 17.0 Å². The average molecular weight is 268 g/mol. The lowest BCUT2D eigenvalue weighted by atomic mass is 9.92. The molecule has 0 saturated heterocycles. The summed E-state index contributed by atoms with van der Waals surface area (Å²) in [5, 5.41) is 2.52. The van der Waals surface area contributed by atoms with Crippen LogP contribution in [0, 0.1) is 11.2 Å². The molecular weight excluding hydrogens is 251 g/mol. The molecule has 1 rings (SSSR count). The van der Waals surface area contributed by atoms with Gasteiger partial charge in [-0.15, -0.1) is 0 Å². The highest BCUT2D eigenvalue weighted by Gasteiger charge is 2.26. The predicted octanol–water partition coefficient (Wildman–Crippen LogP) is 0.353. The minimum absolute atomic E-state index is 0.0433. The lowest BCUT2D eigenvalue weighted by molar-refractivity contribution is -0.125. The van der Waals surface area contributed by atoms with Crippen molar-refractivity contribution in [3.05, 3.63) is 29.6 Å². The zero-order valence-electron chi connectivity index (χ0n) is 10.8. The van der Waals surface area contributed by atoms with Crippen LogP contribution in [0.2, 0.25) is 0 Å². The summed E-state index contributed by atoms with van der Waals surface area (Å²) in [6.45, 7) is 3.24. The first-order chi connectivity index (χ1) is 8.79. The van der Waals surface area contributed by atoms with Crippen LogP contribution in [-0.4, -0.2) is 18.4 Å². The number of halogens is 1. The summed E-state index contributed by atoms with van der Waals surface area (Å²) in [5.74, 6) is 3.46. The van der Waals surface area contributed by atoms with Crippen LogP contribution < -0.4 is 22.3 Å². The van der Waals surface area contributed by atoms with Crippen LogP contribution in [0.3, 0.4) is 0 Å². The Labute approximate surface area is 110 Å². The zero-order chi connectivity index (χ0) is 14.6. The Kier molecular flexibility index (Phi) is 4.44. The molecule has 0 aromatic heterocycles. The first kappa shape index (κ1) is 14.9. The van der Waals surface area contributed by atoms with Gasteiger partial charge in [-0.25, -0.2) is 4.39 Å². The number of nitrogens with one attached hydrogen (secondary N) is 2. The van der Waals surface area contributed by atoms with E-state index in [0.717, 1.165) is 0 Å². The largest absolute Gasteiger partial charge is 0.369 e. The maximum atomic E-state index is 13.4. The van der Waals surface area contributed by atoms with E-state index < -0.39 is 23.0 Å². The molecule has 0 fully saturated rings. The maximum absolute atomic E-state index is 13.4. The second-order valence-electron chi connectivity index (χ2n) is 4.74. The summed E-state index contributed by atoms with van der Waals surface area (Å²) in [7, 11) is 0. The highest BCUT2D eigenvalue weighted by atomic mass is 19.1. The van der Waals surface area contributed by atoms with Crippen molar-refractivity contribution in [1.82, 2.24) is 5.32 Å². The SMILES string of the molecule is CC(C)(CNC(=O)c1cccc(F)c1NN)C(N)=O. The number of carbonyl (C=O) groups is 2. The number of hydrogen-bond donors (Lipinski definition) is 4. The lowest BCUT2D eigenvalue weighted by Gasteiger charge is -2.21. The number of amides is 2. The van der Waals surface area contributed by atoms with E-state index in [-0.39, 0.29) is 17.8 Å². The smallest absolute Gasteiger partial charge is 0.253 e. The summed E-state index contributed by atoms with van der Waals surface area (Å²) in [5.41, 5.74) is 6.40. The van der Waals surface area contributed by atoms with Crippen molar-refractivity contribution in [3.8, 4) is 0 Å². The lowest BCUT2D eigenvalue weighted by Crippen LogP contribution is -2.42. The van der Waals surface area contributed by atoms with E-state index in [1.54, 1.807) is 13.8 Å². The Balaban J connectivity index is 2.86. The average Bonchev–Trinajstić information content (AvgIpc) is 2.35. The highest BCUT2D eigenvalue weighted by molar-refractivity contribution is 5.99. The molecule has 19 heavy (non-hydrogen) atoms. The molecule has 104 valence electrons. The number of rotatable bonds is 5. The van der Waals surface area contributed by atoms with Crippen LogP contribution in [0.15, 0.2) is 18.2 Å². The van der Waals surface area contributed by atoms with E-state index >= 15 is 0 Å². The van der Waals surface area contributed by atoms with Crippen molar-refractivity contribution in [2.75, 3.05) is 12.0 Å². The van der Waals surface area contributed by atoms with Crippen molar-refractivity contribution in [2.45, 2.75) is 13.8 Å². The Bertz CT molecular complexity index is 503. The molecule has 0 aliphatic heterocycles. The molecule has 0 unspecified atom stereocenters. The topological polar surface area (TPSA) is 110 Å². The number of nitrogens with two attached hydrogens (primary N) is 2. The standard InChI is InChI=1S/C12H17FN4O2/c1-12(2,11(14)19)6-16-10(18)7-4-3-5-8(13)9(7)17-15/h3-5,17H,6,15H2,1-2H3,(H2,14,19)(H,16,18). The number of anilines is 1. The predicted molar refractivity (Wildman–Crippen MR) is 69.5 cm³/mol. The summed E-state index contributed by atoms with van der Waals surface area (Å²) in [6, 6.07) is 3.99. The molecule has 1 aromatic carbocycles. The molecular formula is C12H17FN4O2. The Hall–Kier alpha value is -2.15. The zero-order valence-corrected chi connectivity index (χ0v) is 10.8. The van der Waals surface area contributed by atoms with Gasteiger partial charge < -0.3 is 16.5 Å². The van der Waals surface area contributed by atoms with Gasteiger partial charge in [-0.1, -0.05) is 6.07 Å². The molecule has 0 atom stereocenters. The van der Waals surface area contributed by atoms with Gasteiger partial charge in [0.25, 0.3) is 5.91 Å². The maximum Gasteiger partial charge on any atom is 0.253 e. The minimum Gasteiger partial charge on any atom is -0.369 e. The quantitative estimate of drug-likeness (QED) is 0.456. The molecule has 6 nitrogen and oxygen atoms in total. The fourth-order valence-corrected chi connectivity index (χ4v) is 1.34. The van der Waals surface area contributed by atoms with Crippen LogP contribution in [0.4, 0.5) is 10.1 Å². The number of primary amides is 1. The second kappa shape index (κ2) is 5.66. The molecule has 0 aliphatic rings. The number of benzene rings is 1. The van der Waals surface area contributed by atoms with Gasteiger partial charge in [-0.2, -0.15) is 0 Å². The molecule has 2 amide bonds. The van der Waals surface area contributed by atoms with Crippen molar-refractivity contribution in [1.29, 1.82) is 0 Å². The molecule has 1 aromatic rings. The molecule has 7 heteroatoms. The van der Waals surface area contributed by atoms with E-state index in [9.17, 15) is 14.0 Å². The first-order valence-corrected chi connectivity index (χ1v) is 5.63. The Morgan fingerprint density at radius 2 is 2.00 bits per heavy atom. The molecule has 0 aliphatic carbocycles. The minimum atomic E-state index is -0.890. The number of para-hydroxylation sites is 1. The monoisotopic (exact) mass is 268 g/mol. The third-order valence-corrected chi connectivity index (χ3v) is 2.76. The van der Waals surface area contributed by atoms with E-state index in [4.69, 9.17) is 11.6 Å². The van der Waals surface area contributed by atoms with Crippen LogP contribution in [0.1, 0.15) is 24.2 Å². The molecule has 0 spiro atoms. The van der Waals surface area contributed by atoms with Crippen molar-refractivity contribution < 1.29 is 14.0 Å². The summed E-state index contributed by atoms with van der Waals surface area (Å²) < 4.78 is 13.4. The van der Waals surface area contributed by atoms with Gasteiger partial charge >= 0.3 is 0 Å². The second-order valence-corrected chi connectivity index (χ2v) is 4.74. The highest BCUT2D eigenvalue weighted by Crippen LogP contribution is 2.19. The van der Waals surface area contributed by atoms with Crippen molar-refractivity contribution in [3.63, 3.8) is 0 Å². The molecule has 0 bridgehead atoms. The molecule has 0 radical (unpaired) electrons. The van der Waals surface area contributed by atoms with E-state index in [2.05, 4.69) is 10.7 Å². The summed E-state index contributed by atoms with van der Waals surface area (Å²) in [4.78, 5) is 23.0. The fourth-order valence-electron chi connectivity index (χ4n) is 1.34. The third-order valence-electron chi connectivity index (χ3n) is 2.76. The summed E-state index contributed by atoms with van der Waals surface area (Å²) in [6.07, 6.45) is 0. The number of nitrogen functional groups attached to an aromatic ring is 1. The Morgan fingerprint density at radius 3 is 2.53 bits per heavy atom. The molecule has 6 N–H and O–H groups in total. The van der Waals surface area contributed by atoms with E-state index in [1.165, 1.54) is 18.2 Å². The van der Waals surface area contributed by atoms with Gasteiger partial charge in [0.2, 0.25) is 5.91 Å². The van der Waals surface area contributed by atoms with Crippen LogP contribution in [0.25, 0.3) is 0 Å². The van der Waals surface area contributed by atoms with Gasteiger partial charge in [-0.05, 0) is 26.0 Å². The Morgan fingerprint density at radius 1 is 1.37 bits per heavy atom. The fraction of sp³-hybridized carbons (Fsp3) is 0.333. The van der Waals surface area contributed by atoms with E-state index in [0.29, 0.717) is 0 Å². The third kappa shape index (κ3) is 3.41. The van der Waals surface area contributed by atoms with Crippen LogP contribution in [0.5, 0.6) is 0 Å². The first-order valence-electron chi connectivity index (χ1n) is 5.63. The normalized spacial score (nSPS) is 10.9. The summed E-state index contributed by atoms with van der Waals surface area (Å²) >= 11 is 0. The molecule has 0 saturated carbocycles. The van der Waals surface area contributed by atoms with Gasteiger partial charge in [0.1, 0.15) is 5.82 Å². The van der Waals surface area contributed by atoms with Crippen LogP contribution in [-0.2, 0) is 4.79 Å². The van der Waals surface area contributed by atoms with Gasteiger partial charge in [0.15, 0.2) is 0 Å². The number of carbonyl (C=O) groups excluding carboxylic acids is 2. The number of hydrazine groups is 1. The van der Waals surface area contributed by atoms with Gasteiger partial charge in [0.05, 0.1) is 16.7 Å². The van der Waals surface area contributed by atoms with Gasteiger partial charge in [-0.3, -0.25) is 15.4 Å². The van der Waals surface area contributed by atoms with Crippen molar-refractivity contribution >= 4 is 17.5 Å². The van der Waals surface area contributed by atoms with Crippen LogP contribution >= 0.6 is 0 Å². The van der Waals surface area contributed by atoms with Gasteiger partial charge in [0, 0.05) is 6.54 Å². The molecule has 0 heterocycles. The number of hydrogen-bond acceptors (Lipinski definition) is 4. The van der Waals surface area contributed by atoms with E-state index in [1.807, 2.05) is 0 Å².